The molecule has 7 rings (SSSR count). The molecule has 2 N–H and O–H groups in total. The molecule has 0 atom stereocenters. The first kappa shape index (κ1) is 34.4. The van der Waals surface area contributed by atoms with E-state index in [0.717, 1.165) is 84.8 Å². The van der Waals surface area contributed by atoms with Gasteiger partial charge in [0, 0.05) is 87.8 Å². The number of aryl methyl sites for hydroxylation is 2. The highest BCUT2D eigenvalue weighted by Gasteiger charge is 2.33. The van der Waals surface area contributed by atoms with E-state index in [1.165, 1.54) is 9.80 Å². The third-order valence-corrected chi connectivity index (χ3v) is 9.68. The lowest BCUT2D eigenvalue weighted by Crippen LogP contribution is -2.40. The number of imide groups is 2. The number of nitrogens with one attached hydrogen (secondary N) is 2. The summed E-state index contributed by atoms with van der Waals surface area (Å²) in [6.07, 6.45) is 10.4. The molecule has 0 bridgehead atoms. The van der Waals surface area contributed by atoms with Crippen LogP contribution >= 0.6 is 0 Å². The highest BCUT2D eigenvalue weighted by Crippen LogP contribution is 2.35. The van der Waals surface area contributed by atoms with Crippen molar-refractivity contribution in [3.05, 3.63) is 109 Å². The summed E-state index contributed by atoms with van der Waals surface area (Å²) in [7, 11) is 0. The van der Waals surface area contributed by atoms with E-state index in [1.807, 2.05) is 62.4 Å². The number of aromatic nitrogens is 2. The number of hydrogen-bond acceptors (Lipinski definition) is 6. The van der Waals surface area contributed by atoms with Crippen LogP contribution in [0, 0.1) is 7.43 Å². The van der Waals surface area contributed by atoms with Crippen molar-refractivity contribution in [2.45, 2.75) is 52.6 Å². The summed E-state index contributed by atoms with van der Waals surface area (Å²) in [6.45, 7) is 7.73. The van der Waals surface area contributed by atoms with Crippen molar-refractivity contribution in [2.75, 3.05) is 36.8 Å². The Balaban J connectivity index is 0.00000432. The highest BCUT2D eigenvalue weighted by molar-refractivity contribution is 6.27. The Morgan fingerprint density at radius 3 is 1.62 bits per heavy atom. The fourth-order valence-electron chi connectivity index (χ4n) is 7.18. The standard InChI is InChI=1S/C39H40N6O4.CH3/c1-3-44-36(46)28-13-8-11-26-32(17-15-30(34(26)28)38(44)48)40-19-6-5-7-21-42-23-24-43(25-42)22-10-20-41-33-18-16-31-35-27(33)12-9-14-29(35)37(47)45(4-2)39(31)49;/h8-9,11-18,23-25H,3-7,10,19-22H2,1-2H3,(H-,40,41,46,47,48,49);1H3/q;-1/p+1. The molecule has 0 saturated carbocycles. The zero-order chi connectivity index (χ0) is 34.1. The van der Waals surface area contributed by atoms with Crippen molar-refractivity contribution >= 4 is 56.5 Å². The van der Waals surface area contributed by atoms with Gasteiger partial charge < -0.3 is 18.1 Å². The zero-order valence-corrected chi connectivity index (χ0v) is 29.0. The number of imidazole rings is 1. The second-order valence-electron chi connectivity index (χ2n) is 12.6. The molecule has 0 unspecified atom stereocenters. The molecule has 10 heteroatoms. The van der Waals surface area contributed by atoms with E-state index in [9.17, 15) is 19.2 Å². The summed E-state index contributed by atoms with van der Waals surface area (Å²) < 4.78 is 4.42. The van der Waals surface area contributed by atoms with E-state index < -0.39 is 0 Å². The Hall–Kier alpha value is -5.51. The van der Waals surface area contributed by atoms with Gasteiger partial charge in [0.25, 0.3) is 23.6 Å². The Kier molecular flexibility index (Phi) is 9.99. The Morgan fingerprint density at radius 1 is 0.600 bits per heavy atom. The molecule has 0 saturated heterocycles. The monoisotopic (exact) mass is 672 g/mol. The molecule has 3 heterocycles. The molecule has 0 aliphatic carbocycles. The van der Waals surface area contributed by atoms with Crippen molar-refractivity contribution in [1.29, 1.82) is 0 Å². The number of carbonyl (C=O) groups excluding carboxylic acids is 4. The summed E-state index contributed by atoms with van der Waals surface area (Å²) in [4.78, 5) is 54.2. The number of anilines is 2. The van der Waals surface area contributed by atoms with Crippen LogP contribution in [-0.2, 0) is 13.1 Å². The van der Waals surface area contributed by atoms with Crippen molar-refractivity contribution in [3.63, 3.8) is 0 Å². The van der Waals surface area contributed by atoms with E-state index in [0.29, 0.717) is 35.3 Å². The molecular formula is C40H44N6O4. The van der Waals surface area contributed by atoms with Crippen LogP contribution in [0.25, 0.3) is 21.5 Å². The molecule has 0 radical (unpaired) electrons. The largest absolute Gasteiger partial charge is 0.385 e. The van der Waals surface area contributed by atoms with E-state index in [2.05, 4.69) is 38.5 Å². The summed E-state index contributed by atoms with van der Waals surface area (Å²) in [6, 6.07) is 18.9. The lowest BCUT2D eigenvalue weighted by Gasteiger charge is -2.26. The minimum absolute atomic E-state index is 0. The predicted molar refractivity (Wildman–Crippen MR) is 196 cm³/mol. The molecule has 4 aromatic carbocycles. The van der Waals surface area contributed by atoms with Crippen molar-refractivity contribution in [3.8, 4) is 0 Å². The number of hydrogen-bond donors (Lipinski definition) is 2. The molecular weight excluding hydrogens is 628 g/mol. The Labute approximate surface area is 292 Å². The molecule has 50 heavy (non-hydrogen) atoms. The predicted octanol–water partition coefficient (Wildman–Crippen LogP) is 6.55. The number of rotatable bonds is 14. The fourth-order valence-corrected chi connectivity index (χ4v) is 7.18. The first-order valence-electron chi connectivity index (χ1n) is 17.3. The van der Waals surface area contributed by atoms with Gasteiger partial charge in [-0.1, -0.05) is 24.3 Å². The number of amides is 4. The van der Waals surface area contributed by atoms with Crippen molar-refractivity contribution in [1.82, 2.24) is 14.4 Å². The van der Waals surface area contributed by atoms with Crippen molar-refractivity contribution < 1.29 is 23.7 Å². The molecule has 0 spiro atoms. The van der Waals surface area contributed by atoms with Crippen LogP contribution in [0.3, 0.4) is 0 Å². The van der Waals surface area contributed by atoms with E-state index in [-0.39, 0.29) is 31.1 Å². The lowest BCUT2D eigenvalue weighted by molar-refractivity contribution is -0.696. The fraction of sp³-hybridized carbons (Fsp3) is 0.300. The maximum absolute atomic E-state index is 12.9. The molecule has 4 amide bonds. The quantitative estimate of drug-likeness (QED) is 0.0600. The molecule has 10 nitrogen and oxygen atoms in total. The van der Waals surface area contributed by atoms with Gasteiger partial charge in [0.05, 0.1) is 13.1 Å². The second kappa shape index (κ2) is 14.5. The van der Waals surface area contributed by atoms with Gasteiger partial charge in [-0.3, -0.25) is 29.0 Å². The summed E-state index contributed by atoms with van der Waals surface area (Å²) in [5, 5.41) is 10.4. The van der Waals surface area contributed by atoms with E-state index >= 15 is 0 Å². The van der Waals surface area contributed by atoms with Gasteiger partial charge in [0.1, 0.15) is 12.4 Å². The third-order valence-electron chi connectivity index (χ3n) is 9.68. The van der Waals surface area contributed by atoms with Crippen molar-refractivity contribution in [2.24, 2.45) is 0 Å². The number of benzene rings is 4. The van der Waals surface area contributed by atoms with Gasteiger partial charge in [-0.2, -0.15) is 0 Å². The minimum atomic E-state index is -0.230. The first-order valence-corrected chi connectivity index (χ1v) is 17.3. The van der Waals surface area contributed by atoms with Gasteiger partial charge in [-0.05, 0) is 69.5 Å². The molecule has 5 aromatic rings. The second-order valence-corrected chi connectivity index (χ2v) is 12.6. The molecule has 0 fully saturated rings. The van der Waals surface area contributed by atoms with Gasteiger partial charge in [0.15, 0.2) is 0 Å². The van der Waals surface area contributed by atoms with Gasteiger partial charge in [-0.25, -0.2) is 9.13 Å². The zero-order valence-electron chi connectivity index (χ0n) is 29.0. The average molecular weight is 673 g/mol. The maximum atomic E-state index is 12.9. The molecule has 2 aliphatic rings. The molecule has 1 aromatic heterocycles. The van der Waals surface area contributed by atoms with Gasteiger partial charge >= 0.3 is 0 Å². The number of unbranched alkanes of at least 4 members (excludes halogenated alkanes) is 2. The van der Waals surface area contributed by atoms with Crippen LogP contribution in [0.15, 0.2) is 79.4 Å². The summed E-state index contributed by atoms with van der Waals surface area (Å²) >= 11 is 0. The van der Waals surface area contributed by atoms with Gasteiger partial charge in [-0.15, -0.1) is 0 Å². The van der Waals surface area contributed by atoms with Crippen LogP contribution < -0.4 is 15.2 Å². The summed E-state index contributed by atoms with van der Waals surface area (Å²) in [5.41, 5.74) is 4.22. The first-order chi connectivity index (χ1) is 23.9. The number of carbonyl (C=O) groups is 4. The average Bonchev–Trinajstić information content (AvgIpc) is 3.57. The van der Waals surface area contributed by atoms with Crippen LogP contribution in [-0.4, -0.2) is 64.2 Å². The molecule has 258 valence electrons. The lowest BCUT2D eigenvalue weighted by atomic mass is 9.93. The van der Waals surface area contributed by atoms with Crippen LogP contribution in [0.5, 0.6) is 0 Å². The Bertz CT molecular complexity index is 2070. The van der Waals surface area contributed by atoms with Gasteiger partial charge in [0.2, 0.25) is 6.33 Å². The third kappa shape index (κ3) is 6.10. The van der Waals surface area contributed by atoms with Crippen LogP contribution in [0.2, 0.25) is 0 Å². The summed E-state index contributed by atoms with van der Waals surface area (Å²) in [5.74, 6) is -0.909. The normalized spacial score (nSPS) is 13.7. The molecule has 2 aliphatic heterocycles. The maximum Gasteiger partial charge on any atom is 0.261 e. The smallest absolute Gasteiger partial charge is 0.261 e. The van der Waals surface area contributed by atoms with E-state index in [1.54, 1.807) is 12.1 Å². The topological polar surface area (TPSA) is 108 Å². The number of nitrogens with zero attached hydrogens (tertiary/aromatic N) is 4. The Morgan fingerprint density at radius 2 is 1.10 bits per heavy atom. The van der Waals surface area contributed by atoms with E-state index in [4.69, 9.17) is 0 Å². The minimum Gasteiger partial charge on any atom is -0.385 e. The highest BCUT2D eigenvalue weighted by atomic mass is 16.2. The SMILES string of the molecule is CCN1C(=O)c2cccc3c(NCCCCCn4cc[n+](CCCNc5ccc6c7c(cccc57)C(=O)N(CC)C6=O)c4)ccc(c23)C1=O.[CH3-]. The van der Waals surface area contributed by atoms with Crippen LogP contribution in [0.4, 0.5) is 11.4 Å². The van der Waals surface area contributed by atoms with Crippen LogP contribution in [0.1, 0.15) is 81.0 Å².